The van der Waals surface area contributed by atoms with Crippen molar-refractivity contribution in [2.75, 3.05) is 6.61 Å². The molecule has 2 aromatic carbocycles. The maximum Gasteiger partial charge on any atom is 0.407 e. The zero-order chi connectivity index (χ0) is 30.1. The molecule has 4 atom stereocenters. The van der Waals surface area contributed by atoms with E-state index in [1.54, 1.807) is 12.1 Å². The van der Waals surface area contributed by atoms with Crippen molar-refractivity contribution in [2.24, 2.45) is 5.92 Å². The minimum absolute atomic E-state index is 0.0963. The Kier molecular flexibility index (Phi) is 7.93. The van der Waals surface area contributed by atoms with E-state index in [0.717, 1.165) is 41.1 Å². The summed E-state index contributed by atoms with van der Waals surface area (Å²) in [7, 11) is 0. The van der Waals surface area contributed by atoms with Gasteiger partial charge in [-0.2, -0.15) is 0 Å². The van der Waals surface area contributed by atoms with Crippen LogP contribution in [0.5, 0.6) is 0 Å². The number of hydrogen-bond acceptors (Lipinski definition) is 8. The van der Waals surface area contributed by atoms with Crippen LogP contribution in [-0.2, 0) is 32.1 Å². The number of rotatable bonds is 7. The van der Waals surface area contributed by atoms with E-state index in [9.17, 15) is 19.2 Å². The summed E-state index contributed by atoms with van der Waals surface area (Å²) in [6.45, 7) is 6.55. The lowest BCUT2D eigenvalue weighted by molar-refractivity contribution is -0.140. The van der Waals surface area contributed by atoms with Gasteiger partial charge in [0.05, 0.1) is 17.8 Å². The number of aromatic nitrogens is 2. The first-order valence-electron chi connectivity index (χ1n) is 14.3. The molecular formula is C32H33N3O7S. The van der Waals surface area contributed by atoms with E-state index < -0.39 is 6.09 Å². The van der Waals surface area contributed by atoms with Crippen molar-refractivity contribution < 1.29 is 23.8 Å². The van der Waals surface area contributed by atoms with Gasteiger partial charge in [-0.1, -0.05) is 55.1 Å². The fourth-order valence-corrected chi connectivity index (χ4v) is 6.59. The van der Waals surface area contributed by atoms with Crippen molar-refractivity contribution in [2.45, 2.75) is 63.5 Å². The van der Waals surface area contributed by atoms with Gasteiger partial charge in [0.15, 0.2) is 0 Å². The number of allylic oxidation sites excluding steroid dienone is 1. The van der Waals surface area contributed by atoms with Gasteiger partial charge in [0.1, 0.15) is 18.8 Å². The van der Waals surface area contributed by atoms with Crippen LogP contribution in [0.4, 0.5) is 4.79 Å². The molecule has 10 nitrogen and oxygen atoms in total. The van der Waals surface area contributed by atoms with Crippen LogP contribution in [0.3, 0.4) is 0 Å². The molecule has 0 unspecified atom stereocenters. The fourth-order valence-electron chi connectivity index (χ4n) is 5.79. The van der Waals surface area contributed by atoms with E-state index in [2.05, 4.69) is 18.0 Å². The molecule has 0 bridgehead atoms. The quantitative estimate of drug-likeness (QED) is 0.187. The highest BCUT2D eigenvalue weighted by molar-refractivity contribution is 7.03. The first-order chi connectivity index (χ1) is 20.7. The predicted octanol–water partition coefficient (Wildman–Crippen LogP) is 4.09. The molecular weight excluding hydrogens is 570 g/mol. The van der Waals surface area contributed by atoms with E-state index in [-0.39, 0.29) is 60.0 Å². The second-order valence-corrected chi connectivity index (χ2v) is 12.3. The van der Waals surface area contributed by atoms with Crippen LogP contribution in [0.1, 0.15) is 43.7 Å². The van der Waals surface area contributed by atoms with Gasteiger partial charge in [-0.3, -0.25) is 4.79 Å². The second-order valence-electron chi connectivity index (χ2n) is 11.4. The molecule has 3 aromatic rings. The van der Waals surface area contributed by atoms with E-state index in [1.807, 2.05) is 49.4 Å². The zero-order valence-corrected chi connectivity index (χ0v) is 24.6. The number of alkyl carbamates (subject to hydrolysis) is 1. The SMILES string of the molecule is C=C1C(=O)O[C@H]2[C@H]1CC/C(COC(=O)NCc1ccc(Cn3c(=O)sn(-c4ccccc4)c3=O)cc1)=C\CC[C@@]1(C)O[C@@H]21. The number of carbonyl (C=O) groups is 2. The lowest BCUT2D eigenvalue weighted by atomic mass is 9.84. The fraction of sp³-hybridized carbons (Fsp3) is 0.375. The molecule has 1 aromatic heterocycles. The molecule has 1 N–H and O–H groups in total. The Balaban J connectivity index is 1.01. The van der Waals surface area contributed by atoms with Crippen molar-refractivity contribution in [1.29, 1.82) is 0 Å². The van der Waals surface area contributed by atoms with Crippen molar-refractivity contribution >= 4 is 23.6 Å². The Labute approximate surface area is 252 Å². The summed E-state index contributed by atoms with van der Waals surface area (Å²) in [6, 6.07) is 16.4. The zero-order valence-electron chi connectivity index (χ0n) is 23.8. The van der Waals surface area contributed by atoms with Crippen LogP contribution >= 0.6 is 11.5 Å². The van der Waals surface area contributed by atoms with Gasteiger partial charge in [0.2, 0.25) is 0 Å². The highest BCUT2D eigenvalue weighted by Gasteiger charge is 2.61. The summed E-state index contributed by atoms with van der Waals surface area (Å²) in [5.41, 5.74) is 3.07. The number of esters is 1. The number of para-hydroxylation sites is 1. The number of benzene rings is 2. The number of amides is 1. The predicted molar refractivity (Wildman–Crippen MR) is 160 cm³/mol. The molecule has 2 saturated heterocycles. The topological polar surface area (TPSA) is 121 Å². The third kappa shape index (κ3) is 6.14. The first-order valence-corrected chi connectivity index (χ1v) is 15.1. The van der Waals surface area contributed by atoms with Crippen LogP contribution in [-0.4, -0.2) is 45.0 Å². The molecule has 43 heavy (non-hydrogen) atoms. The number of ether oxygens (including phenoxy) is 3. The summed E-state index contributed by atoms with van der Waals surface area (Å²) in [6.07, 6.45) is 4.08. The van der Waals surface area contributed by atoms with Crippen molar-refractivity contribution in [3.05, 3.63) is 110 Å². The van der Waals surface area contributed by atoms with Gasteiger partial charge >= 0.3 is 22.6 Å². The average Bonchev–Trinajstić information content (AvgIpc) is 3.49. The molecule has 1 amide bonds. The van der Waals surface area contributed by atoms with Crippen LogP contribution < -0.4 is 15.9 Å². The molecule has 0 saturated carbocycles. The van der Waals surface area contributed by atoms with Gasteiger partial charge in [-0.15, -0.1) is 0 Å². The van der Waals surface area contributed by atoms with Gasteiger partial charge in [-0.25, -0.2) is 22.9 Å². The lowest BCUT2D eigenvalue weighted by Crippen LogP contribution is -2.29. The van der Waals surface area contributed by atoms with E-state index in [0.29, 0.717) is 24.1 Å². The summed E-state index contributed by atoms with van der Waals surface area (Å²) < 4.78 is 19.7. The van der Waals surface area contributed by atoms with Gasteiger partial charge < -0.3 is 19.5 Å². The highest BCUT2D eigenvalue weighted by Crippen LogP contribution is 2.49. The minimum atomic E-state index is -0.535. The number of nitrogens with one attached hydrogen (secondary N) is 1. The van der Waals surface area contributed by atoms with Gasteiger partial charge in [0.25, 0.3) is 0 Å². The number of hydrogen-bond donors (Lipinski definition) is 1. The number of carbonyl (C=O) groups excluding carboxylic acids is 2. The molecule has 2 fully saturated rings. The number of fused-ring (bicyclic) bond motifs is 3. The summed E-state index contributed by atoms with van der Waals surface area (Å²) >= 11 is 0.870. The van der Waals surface area contributed by atoms with Gasteiger partial charge in [-0.05, 0) is 61.4 Å². The largest absolute Gasteiger partial charge is 0.455 e. The summed E-state index contributed by atoms with van der Waals surface area (Å²) in [4.78, 5) is 49.7. The molecule has 2 aliphatic heterocycles. The third-order valence-electron chi connectivity index (χ3n) is 8.41. The van der Waals surface area contributed by atoms with Crippen molar-refractivity contribution in [3.8, 4) is 5.69 Å². The monoisotopic (exact) mass is 603 g/mol. The molecule has 3 heterocycles. The maximum atomic E-state index is 12.8. The molecule has 3 aliphatic rings. The second kappa shape index (κ2) is 11.8. The number of nitrogens with zero attached hydrogens (tertiary/aromatic N) is 2. The third-order valence-corrected chi connectivity index (χ3v) is 9.34. The Bertz CT molecular complexity index is 1690. The summed E-state index contributed by atoms with van der Waals surface area (Å²) in [5, 5.41) is 2.77. The Morgan fingerprint density at radius 3 is 2.63 bits per heavy atom. The Hall–Kier alpha value is -4.22. The molecule has 0 spiro atoms. The van der Waals surface area contributed by atoms with Crippen LogP contribution in [0.25, 0.3) is 5.69 Å². The van der Waals surface area contributed by atoms with E-state index >= 15 is 0 Å². The molecule has 6 rings (SSSR count). The average molecular weight is 604 g/mol. The summed E-state index contributed by atoms with van der Waals surface area (Å²) in [5.74, 6) is -0.464. The maximum absolute atomic E-state index is 12.8. The van der Waals surface area contributed by atoms with E-state index in [1.165, 1.54) is 8.52 Å². The molecule has 224 valence electrons. The number of epoxide rings is 1. The first kappa shape index (κ1) is 28.9. The lowest BCUT2D eigenvalue weighted by Gasteiger charge is -2.20. The minimum Gasteiger partial charge on any atom is -0.455 e. The molecule has 11 heteroatoms. The highest BCUT2D eigenvalue weighted by atomic mass is 32.1. The van der Waals surface area contributed by atoms with Crippen molar-refractivity contribution in [3.63, 3.8) is 0 Å². The smallest absolute Gasteiger partial charge is 0.407 e. The molecule has 0 radical (unpaired) electrons. The van der Waals surface area contributed by atoms with Crippen molar-refractivity contribution in [1.82, 2.24) is 13.8 Å². The van der Waals surface area contributed by atoms with Gasteiger partial charge in [0, 0.05) is 29.6 Å². The van der Waals surface area contributed by atoms with Crippen LogP contribution in [0, 0.1) is 5.92 Å². The Morgan fingerprint density at radius 2 is 1.86 bits per heavy atom. The Morgan fingerprint density at radius 1 is 1.12 bits per heavy atom. The van der Waals surface area contributed by atoms with Crippen LogP contribution in [0.2, 0.25) is 0 Å². The normalized spacial score (nSPS) is 26.0. The standard InChI is InChI=1S/C32H33N3O7S/c1-20-25-15-14-23(7-6-16-32(2)27(42-32)26(25)41-28(20)36)19-40-29(37)33-17-21-10-12-22(13-11-21)18-34-30(38)35(43-31(34)39)24-8-4-3-5-9-24/h3-5,7-13,25-27H,1,6,14-19H2,2H3,(H,33,37)/b23-7+/t25-,26-,27-,32+/m0/s1. The molecule has 1 aliphatic carbocycles. The van der Waals surface area contributed by atoms with E-state index in [4.69, 9.17) is 14.2 Å². The van der Waals surface area contributed by atoms with Crippen LogP contribution in [0.15, 0.2) is 88.0 Å².